The quantitative estimate of drug-likeness (QED) is 0.198. The van der Waals surface area contributed by atoms with Crippen LogP contribution in [0.15, 0.2) is 55.0 Å². The molecule has 0 fully saturated rings. The molecule has 0 saturated carbocycles. The number of nitrogens with zero attached hydrogens (tertiary/aromatic N) is 5. The van der Waals surface area contributed by atoms with Crippen LogP contribution < -0.4 is 5.32 Å². The van der Waals surface area contributed by atoms with Crippen molar-refractivity contribution in [1.82, 2.24) is 24.5 Å². The third-order valence-electron chi connectivity index (χ3n) is 5.72. The van der Waals surface area contributed by atoms with E-state index in [1.807, 2.05) is 43.3 Å². The molecule has 37 heavy (non-hydrogen) atoms. The SMILES string of the molecule is Cc1nn(CC(=O)Nc2cnn(Cc3c(F)c(F)c(F)c(F)c3F)c2)c2nccc(-c3ccccc3)c12. The van der Waals surface area contributed by atoms with Crippen LogP contribution >= 0.6 is 0 Å². The van der Waals surface area contributed by atoms with E-state index in [0.29, 0.717) is 11.3 Å². The fourth-order valence-electron chi connectivity index (χ4n) is 4.05. The van der Waals surface area contributed by atoms with Gasteiger partial charge < -0.3 is 5.32 Å². The molecule has 0 radical (unpaired) electrons. The Morgan fingerprint density at radius 1 is 0.946 bits per heavy atom. The van der Waals surface area contributed by atoms with Gasteiger partial charge in [0.2, 0.25) is 11.7 Å². The Balaban J connectivity index is 1.34. The zero-order chi connectivity index (χ0) is 26.3. The third-order valence-corrected chi connectivity index (χ3v) is 5.72. The van der Waals surface area contributed by atoms with Gasteiger partial charge in [0.15, 0.2) is 28.9 Å². The molecule has 1 amide bonds. The molecule has 12 heteroatoms. The van der Waals surface area contributed by atoms with Crippen molar-refractivity contribution < 1.29 is 26.7 Å². The summed E-state index contributed by atoms with van der Waals surface area (Å²) < 4.78 is 70.5. The van der Waals surface area contributed by atoms with E-state index >= 15 is 0 Å². The maximum Gasteiger partial charge on any atom is 0.246 e. The molecular weight excluding hydrogens is 495 g/mol. The Morgan fingerprint density at radius 3 is 2.32 bits per heavy atom. The fourth-order valence-corrected chi connectivity index (χ4v) is 4.05. The number of benzene rings is 2. The highest BCUT2D eigenvalue weighted by Gasteiger charge is 2.26. The van der Waals surface area contributed by atoms with Crippen LogP contribution in [0.3, 0.4) is 0 Å². The topological polar surface area (TPSA) is 77.6 Å². The maximum absolute atomic E-state index is 14.0. The molecule has 0 unspecified atom stereocenters. The van der Waals surface area contributed by atoms with E-state index in [1.54, 1.807) is 6.20 Å². The van der Waals surface area contributed by atoms with Gasteiger partial charge in [-0.2, -0.15) is 10.2 Å². The number of nitrogens with one attached hydrogen (secondary N) is 1. The van der Waals surface area contributed by atoms with Crippen molar-refractivity contribution in [2.24, 2.45) is 0 Å². The summed E-state index contributed by atoms with van der Waals surface area (Å²) in [5.41, 5.74) is 2.20. The number of hydrogen-bond donors (Lipinski definition) is 1. The van der Waals surface area contributed by atoms with E-state index in [0.717, 1.165) is 21.2 Å². The molecule has 1 N–H and O–H groups in total. The van der Waals surface area contributed by atoms with E-state index in [9.17, 15) is 26.7 Å². The Labute approximate surface area is 206 Å². The molecule has 3 heterocycles. The molecule has 0 aliphatic carbocycles. The maximum atomic E-state index is 14.0. The minimum Gasteiger partial charge on any atom is -0.322 e. The lowest BCUT2D eigenvalue weighted by molar-refractivity contribution is -0.116. The first-order valence-corrected chi connectivity index (χ1v) is 10.9. The summed E-state index contributed by atoms with van der Waals surface area (Å²) in [5.74, 6) is -10.7. The monoisotopic (exact) mass is 512 g/mol. The van der Waals surface area contributed by atoms with Crippen LogP contribution in [0.2, 0.25) is 0 Å². The highest BCUT2D eigenvalue weighted by molar-refractivity contribution is 5.96. The van der Waals surface area contributed by atoms with Gasteiger partial charge in [-0.15, -0.1) is 0 Å². The van der Waals surface area contributed by atoms with E-state index < -0.39 is 47.1 Å². The molecule has 5 aromatic rings. The minimum atomic E-state index is -2.24. The number of anilines is 1. The summed E-state index contributed by atoms with van der Waals surface area (Å²) >= 11 is 0. The van der Waals surface area contributed by atoms with Crippen LogP contribution in [-0.4, -0.2) is 30.5 Å². The number of rotatable bonds is 6. The first-order valence-electron chi connectivity index (χ1n) is 10.9. The molecule has 0 aliphatic heterocycles. The molecule has 188 valence electrons. The van der Waals surface area contributed by atoms with Crippen molar-refractivity contribution in [3.8, 4) is 11.1 Å². The van der Waals surface area contributed by atoms with Gasteiger partial charge in [-0.25, -0.2) is 31.6 Å². The summed E-state index contributed by atoms with van der Waals surface area (Å²) in [7, 11) is 0. The fraction of sp³-hybridized carbons (Fsp3) is 0.120. The largest absolute Gasteiger partial charge is 0.322 e. The number of aromatic nitrogens is 5. The predicted octanol–water partition coefficient (Wildman–Crippen LogP) is 4.99. The second kappa shape index (κ2) is 9.45. The van der Waals surface area contributed by atoms with E-state index in [-0.39, 0.29) is 12.2 Å². The lowest BCUT2D eigenvalue weighted by Gasteiger charge is -2.08. The van der Waals surface area contributed by atoms with Crippen molar-refractivity contribution in [3.63, 3.8) is 0 Å². The molecule has 7 nitrogen and oxygen atoms in total. The highest BCUT2D eigenvalue weighted by Crippen LogP contribution is 2.29. The normalized spacial score (nSPS) is 11.3. The van der Waals surface area contributed by atoms with E-state index in [2.05, 4.69) is 20.5 Å². The van der Waals surface area contributed by atoms with Crippen LogP contribution in [0.25, 0.3) is 22.2 Å². The average Bonchev–Trinajstić information content (AvgIpc) is 3.48. The molecule has 0 spiro atoms. The zero-order valence-corrected chi connectivity index (χ0v) is 19.1. The van der Waals surface area contributed by atoms with Gasteiger partial charge >= 0.3 is 0 Å². The average molecular weight is 512 g/mol. The molecular formula is C25H17F5N6O. The summed E-state index contributed by atoms with van der Waals surface area (Å²) in [6.07, 6.45) is 4.01. The number of hydrogen-bond acceptors (Lipinski definition) is 4. The van der Waals surface area contributed by atoms with Gasteiger partial charge in [0.1, 0.15) is 6.54 Å². The zero-order valence-electron chi connectivity index (χ0n) is 19.1. The van der Waals surface area contributed by atoms with Crippen molar-refractivity contribution in [2.45, 2.75) is 20.0 Å². The standard InChI is InChI=1S/C25H17F5N6O/c1-13-19-16(14-5-3-2-4-6-14)7-8-31-25(19)36(34-13)12-18(37)33-15-9-32-35(10-15)11-17-20(26)22(28)24(30)23(29)21(17)27/h2-10H,11-12H2,1H3,(H,33,37). The first-order chi connectivity index (χ1) is 17.7. The molecule has 0 atom stereocenters. The highest BCUT2D eigenvalue weighted by atomic mass is 19.2. The lowest BCUT2D eigenvalue weighted by atomic mass is 10.0. The molecule has 2 aromatic carbocycles. The lowest BCUT2D eigenvalue weighted by Crippen LogP contribution is -2.19. The summed E-state index contributed by atoms with van der Waals surface area (Å²) in [4.78, 5) is 17.1. The van der Waals surface area contributed by atoms with Crippen molar-refractivity contribution >= 4 is 22.6 Å². The van der Waals surface area contributed by atoms with Gasteiger partial charge in [-0.1, -0.05) is 30.3 Å². The Kier molecular flexibility index (Phi) is 6.15. The number of fused-ring (bicyclic) bond motifs is 1. The van der Waals surface area contributed by atoms with Crippen LogP contribution in [0.5, 0.6) is 0 Å². The number of carbonyl (C=O) groups excluding carboxylic acids is 1. The van der Waals surface area contributed by atoms with Crippen LogP contribution in [0.1, 0.15) is 11.3 Å². The number of pyridine rings is 1. The first kappa shape index (κ1) is 24.1. The predicted molar refractivity (Wildman–Crippen MR) is 124 cm³/mol. The number of halogens is 5. The second-order valence-corrected chi connectivity index (χ2v) is 8.19. The second-order valence-electron chi connectivity index (χ2n) is 8.19. The van der Waals surface area contributed by atoms with Gasteiger partial charge in [0.05, 0.1) is 29.7 Å². The van der Waals surface area contributed by atoms with E-state index in [4.69, 9.17) is 0 Å². The number of amides is 1. The van der Waals surface area contributed by atoms with Crippen LogP contribution in [0, 0.1) is 36.0 Å². The number of aryl methyl sites for hydroxylation is 1. The Hall–Kier alpha value is -4.61. The van der Waals surface area contributed by atoms with Gasteiger partial charge in [0, 0.05) is 17.8 Å². The molecule has 0 bridgehead atoms. The molecule has 3 aromatic heterocycles. The minimum absolute atomic E-state index is 0.153. The summed E-state index contributed by atoms with van der Waals surface area (Å²) in [5, 5.41) is 11.7. The molecule has 0 saturated heterocycles. The van der Waals surface area contributed by atoms with Gasteiger partial charge in [-0.3, -0.25) is 9.48 Å². The third kappa shape index (κ3) is 4.41. The molecule has 5 rings (SSSR count). The van der Waals surface area contributed by atoms with Gasteiger partial charge in [-0.05, 0) is 24.1 Å². The molecule has 0 aliphatic rings. The Bertz CT molecular complexity index is 1620. The van der Waals surface area contributed by atoms with Crippen LogP contribution in [0.4, 0.5) is 27.6 Å². The van der Waals surface area contributed by atoms with Crippen molar-refractivity contribution in [2.75, 3.05) is 5.32 Å². The van der Waals surface area contributed by atoms with Gasteiger partial charge in [0.25, 0.3) is 0 Å². The Morgan fingerprint density at radius 2 is 1.62 bits per heavy atom. The van der Waals surface area contributed by atoms with Crippen LogP contribution in [-0.2, 0) is 17.9 Å². The summed E-state index contributed by atoms with van der Waals surface area (Å²) in [6, 6.07) is 11.5. The smallest absolute Gasteiger partial charge is 0.246 e. The van der Waals surface area contributed by atoms with E-state index in [1.165, 1.54) is 17.1 Å². The van der Waals surface area contributed by atoms with Crippen molar-refractivity contribution in [1.29, 1.82) is 0 Å². The number of carbonyl (C=O) groups is 1. The van der Waals surface area contributed by atoms with Crippen molar-refractivity contribution in [3.05, 3.63) is 95.3 Å². The summed E-state index contributed by atoms with van der Waals surface area (Å²) in [6.45, 7) is 0.878.